The van der Waals surface area contributed by atoms with Gasteiger partial charge in [-0.3, -0.25) is 0 Å². The van der Waals surface area contributed by atoms with E-state index < -0.39 is 0 Å². The molecule has 6 heteroatoms. The Kier molecular flexibility index (Phi) is 2.86. The fourth-order valence-corrected chi connectivity index (χ4v) is 2.22. The van der Waals surface area contributed by atoms with Crippen molar-refractivity contribution in [3.63, 3.8) is 0 Å². The normalized spacial score (nSPS) is 12.6. The summed E-state index contributed by atoms with van der Waals surface area (Å²) in [6, 6.07) is 4.39. The van der Waals surface area contributed by atoms with Crippen LogP contribution < -0.4 is 11.1 Å². The van der Waals surface area contributed by atoms with E-state index in [4.69, 9.17) is 5.73 Å². The van der Waals surface area contributed by atoms with Crippen LogP contribution in [0, 0.1) is 0 Å². The highest BCUT2D eigenvalue weighted by molar-refractivity contribution is 7.10. The summed E-state index contributed by atoms with van der Waals surface area (Å²) in [6.45, 7) is 2.12. The average Bonchev–Trinajstić information content (AvgIpc) is 2.85. The molecular weight excluding hydrogens is 210 g/mol. The van der Waals surface area contributed by atoms with Crippen LogP contribution in [-0.2, 0) is 0 Å². The Bertz CT molecular complexity index is 408. The third kappa shape index (κ3) is 2.27. The molecule has 1 atom stereocenters. The molecule has 0 aliphatic heterocycles. The van der Waals surface area contributed by atoms with Crippen molar-refractivity contribution in [3.05, 3.63) is 22.4 Å². The lowest BCUT2D eigenvalue weighted by atomic mass is 10.2. The largest absolute Gasteiger partial charge is 0.368 e. The van der Waals surface area contributed by atoms with Gasteiger partial charge in [0.2, 0.25) is 11.9 Å². The van der Waals surface area contributed by atoms with Crippen LogP contribution in [0.2, 0.25) is 0 Å². The number of hydrogen-bond donors (Lipinski definition) is 3. The molecule has 0 spiro atoms. The quantitative estimate of drug-likeness (QED) is 0.740. The second-order valence-electron chi connectivity index (χ2n) is 3.16. The lowest BCUT2D eigenvalue weighted by Gasteiger charge is -2.13. The number of nitrogens with one attached hydrogen (secondary N) is 2. The fraction of sp³-hybridized carbons (Fsp3) is 0.333. The number of aromatic nitrogens is 3. The van der Waals surface area contributed by atoms with Gasteiger partial charge in [0.25, 0.3) is 0 Å². The van der Waals surface area contributed by atoms with Gasteiger partial charge >= 0.3 is 0 Å². The Labute approximate surface area is 91.7 Å². The summed E-state index contributed by atoms with van der Waals surface area (Å²) in [5.74, 6) is 0.881. The summed E-state index contributed by atoms with van der Waals surface area (Å²) in [5.41, 5.74) is 5.45. The smallest absolute Gasteiger partial charge is 0.244 e. The van der Waals surface area contributed by atoms with Gasteiger partial charge in [-0.15, -0.1) is 16.4 Å². The standard InChI is InChI=1S/C9H13N5S/c1-2-6(7-4-3-5-15-7)11-9-12-8(10)13-14-9/h3-6H,2H2,1H3,(H4,10,11,12,13,14). The molecule has 0 aromatic carbocycles. The predicted molar refractivity (Wildman–Crippen MR) is 61.8 cm³/mol. The highest BCUT2D eigenvalue weighted by atomic mass is 32.1. The highest BCUT2D eigenvalue weighted by Crippen LogP contribution is 2.24. The van der Waals surface area contributed by atoms with Gasteiger partial charge < -0.3 is 11.1 Å². The van der Waals surface area contributed by atoms with Crippen molar-refractivity contribution in [1.82, 2.24) is 15.2 Å². The summed E-state index contributed by atoms with van der Waals surface area (Å²) in [4.78, 5) is 5.29. The van der Waals surface area contributed by atoms with Crippen molar-refractivity contribution in [2.45, 2.75) is 19.4 Å². The number of aromatic amines is 1. The monoisotopic (exact) mass is 223 g/mol. The van der Waals surface area contributed by atoms with E-state index in [9.17, 15) is 0 Å². The number of nitrogen functional groups attached to an aromatic ring is 1. The summed E-state index contributed by atoms with van der Waals surface area (Å²) in [6.07, 6.45) is 0.981. The van der Waals surface area contributed by atoms with E-state index in [0.29, 0.717) is 11.9 Å². The lowest BCUT2D eigenvalue weighted by molar-refractivity contribution is 0.753. The van der Waals surface area contributed by atoms with E-state index in [1.807, 2.05) is 6.07 Å². The van der Waals surface area contributed by atoms with Crippen molar-refractivity contribution < 1.29 is 0 Å². The Hall–Kier alpha value is -1.56. The van der Waals surface area contributed by atoms with Crippen LogP contribution in [0.25, 0.3) is 0 Å². The van der Waals surface area contributed by atoms with E-state index in [1.165, 1.54) is 4.88 Å². The molecule has 15 heavy (non-hydrogen) atoms. The first-order valence-electron chi connectivity index (χ1n) is 4.77. The van der Waals surface area contributed by atoms with Gasteiger partial charge in [-0.1, -0.05) is 13.0 Å². The average molecular weight is 223 g/mol. The molecule has 2 aromatic rings. The molecule has 2 aromatic heterocycles. The van der Waals surface area contributed by atoms with E-state index in [-0.39, 0.29) is 6.04 Å². The van der Waals surface area contributed by atoms with Gasteiger partial charge in [0.1, 0.15) is 0 Å². The summed E-state index contributed by atoms with van der Waals surface area (Å²) >= 11 is 1.72. The molecule has 80 valence electrons. The fourth-order valence-electron chi connectivity index (χ4n) is 1.36. The first-order valence-corrected chi connectivity index (χ1v) is 5.65. The van der Waals surface area contributed by atoms with Gasteiger partial charge in [-0.25, -0.2) is 5.10 Å². The minimum Gasteiger partial charge on any atom is -0.368 e. The van der Waals surface area contributed by atoms with Gasteiger partial charge in [-0.05, 0) is 17.9 Å². The highest BCUT2D eigenvalue weighted by Gasteiger charge is 2.11. The Balaban J connectivity index is 2.09. The zero-order valence-corrected chi connectivity index (χ0v) is 9.21. The summed E-state index contributed by atoms with van der Waals surface area (Å²) < 4.78 is 0. The van der Waals surface area contributed by atoms with Crippen molar-refractivity contribution in [2.24, 2.45) is 0 Å². The molecule has 4 N–H and O–H groups in total. The van der Waals surface area contributed by atoms with Crippen LogP contribution in [0.5, 0.6) is 0 Å². The molecule has 0 bridgehead atoms. The topological polar surface area (TPSA) is 79.6 Å². The van der Waals surface area contributed by atoms with E-state index in [1.54, 1.807) is 11.3 Å². The van der Waals surface area contributed by atoms with Crippen molar-refractivity contribution >= 4 is 23.2 Å². The minimum atomic E-state index is 0.250. The molecule has 0 amide bonds. The number of anilines is 2. The summed E-state index contributed by atoms with van der Waals surface area (Å²) in [5, 5.41) is 11.8. The van der Waals surface area contributed by atoms with Crippen LogP contribution in [0.15, 0.2) is 17.5 Å². The number of nitrogens with zero attached hydrogens (tertiary/aromatic N) is 2. The van der Waals surface area contributed by atoms with E-state index in [2.05, 4.69) is 38.9 Å². The maximum absolute atomic E-state index is 5.45. The lowest BCUT2D eigenvalue weighted by Crippen LogP contribution is -2.09. The number of H-pyrrole nitrogens is 1. The SMILES string of the molecule is CCC(Nc1n[nH]c(N)n1)c1cccs1. The van der Waals surface area contributed by atoms with Crippen molar-refractivity contribution in [3.8, 4) is 0 Å². The molecule has 0 fully saturated rings. The van der Waals surface area contributed by atoms with Gasteiger partial charge in [0.05, 0.1) is 6.04 Å². The first kappa shape index (κ1) is 9.97. The second kappa shape index (κ2) is 4.31. The molecule has 2 heterocycles. The maximum atomic E-state index is 5.45. The number of rotatable bonds is 4. The van der Waals surface area contributed by atoms with Crippen LogP contribution in [0.3, 0.4) is 0 Å². The first-order chi connectivity index (χ1) is 7.29. The third-order valence-corrected chi connectivity index (χ3v) is 3.09. The van der Waals surface area contributed by atoms with Crippen LogP contribution in [0.4, 0.5) is 11.9 Å². The maximum Gasteiger partial charge on any atom is 0.244 e. The molecule has 1 unspecified atom stereocenters. The second-order valence-corrected chi connectivity index (χ2v) is 4.14. The molecule has 5 nitrogen and oxygen atoms in total. The van der Waals surface area contributed by atoms with Gasteiger partial charge in [0.15, 0.2) is 0 Å². The molecular formula is C9H13N5S. The van der Waals surface area contributed by atoms with Crippen LogP contribution >= 0.6 is 11.3 Å². The predicted octanol–water partition coefficient (Wildman–Crippen LogP) is 2.01. The molecule has 0 saturated heterocycles. The third-order valence-electron chi connectivity index (χ3n) is 2.10. The molecule has 2 rings (SSSR count). The van der Waals surface area contributed by atoms with Crippen LogP contribution in [-0.4, -0.2) is 15.2 Å². The van der Waals surface area contributed by atoms with Crippen LogP contribution in [0.1, 0.15) is 24.3 Å². The zero-order chi connectivity index (χ0) is 10.7. The van der Waals surface area contributed by atoms with Gasteiger partial charge in [0, 0.05) is 4.88 Å². The van der Waals surface area contributed by atoms with Crippen molar-refractivity contribution in [2.75, 3.05) is 11.1 Å². The molecule has 0 aliphatic carbocycles. The number of thiophene rings is 1. The minimum absolute atomic E-state index is 0.250. The van der Waals surface area contributed by atoms with E-state index >= 15 is 0 Å². The Morgan fingerprint density at radius 2 is 2.53 bits per heavy atom. The van der Waals surface area contributed by atoms with Crippen molar-refractivity contribution in [1.29, 1.82) is 0 Å². The molecule has 0 saturated carbocycles. The Morgan fingerprint density at radius 3 is 3.07 bits per heavy atom. The number of nitrogens with two attached hydrogens (primary N) is 1. The summed E-state index contributed by atoms with van der Waals surface area (Å²) in [7, 11) is 0. The van der Waals surface area contributed by atoms with Gasteiger partial charge in [-0.2, -0.15) is 4.98 Å². The number of hydrogen-bond acceptors (Lipinski definition) is 5. The zero-order valence-electron chi connectivity index (χ0n) is 8.40. The molecule has 0 aliphatic rings. The Morgan fingerprint density at radius 1 is 1.67 bits per heavy atom. The van der Waals surface area contributed by atoms with E-state index in [0.717, 1.165) is 6.42 Å². The molecule has 0 radical (unpaired) electrons.